The van der Waals surface area contributed by atoms with E-state index in [4.69, 9.17) is 4.74 Å². The molecule has 1 atom stereocenters. The summed E-state index contributed by atoms with van der Waals surface area (Å²) in [6.07, 6.45) is 2.91. The number of hydrogen-bond acceptors (Lipinski definition) is 7. The van der Waals surface area contributed by atoms with E-state index in [1.807, 2.05) is 18.7 Å². The Balaban J connectivity index is 2.23. The second-order valence-electron chi connectivity index (χ2n) is 4.79. The Labute approximate surface area is 119 Å². The van der Waals surface area contributed by atoms with Crippen LogP contribution in [-0.2, 0) is 0 Å². The molecule has 2 rings (SSSR count). The van der Waals surface area contributed by atoms with Crippen LogP contribution in [0.3, 0.4) is 0 Å². The molecule has 1 aromatic heterocycles. The summed E-state index contributed by atoms with van der Waals surface area (Å²) in [6, 6.07) is 0.433. The molecule has 2 N–H and O–H groups in total. The van der Waals surface area contributed by atoms with Crippen LogP contribution in [-0.4, -0.2) is 52.4 Å². The van der Waals surface area contributed by atoms with Gasteiger partial charge in [-0.3, -0.25) is 0 Å². The Kier molecular flexibility index (Phi) is 5.34. The highest BCUT2D eigenvalue weighted by Crippen LogP contribution is 2.24. The lowest BCUT2D eigenvalue weighted by Gasteiger charge is -2.23. The quantitative estimate of drug-likeness (QED) is 0.773. The molecule has 1 aliphatic heterocycles. The lowest BCUT2D eigenvalue weighted by Crippen LogP contribution is -2.33. The van der Waals surface area contributed by atoms with Gasteiger partial charge in [-0.25, -0.2) is 0 Å². The van der Waals surface area contributed by atoms with E-state index in [0.717, 1.165) is 32.4 Å². The number of aliphatic hydroxyl groups excluding tert-OH is 1. The Hall–Kier alpha value is -1.63. The van der Waals surface area contributed by atoms with Crippen LogP contribution in [0.15, 0.2) is 0 Å². The topological polar surface area (TPSA) is 83.4 Å². The van der Waals surface area contributed by atoms with Gasteiger partial charge in [0.1, 0.15) is 0 Å². The molecule has 112 valence electrons. The average Bonchev–Trinajstić information content (AvgIpc) is 2.93. The van der Waals surface area contributed by atoms with E-state index in [0.29, 0.717) is 24.5 Å². The third kappa shape index (κ3) is 3.47. The van der Waals surface area contributed by atoms with Gasteiger partial charge in [-0.1, -0.05) is 6.92 Å². The zero-order valence-corrected chi connectivity index (χ0v) is 12.2. The van der Waals surface area contributed by atoms with E-state index in [9.17, 15) is 5.11 Å². The highest BCUT2D eigenvalue weighted by molar-refractivity contribution is 5.40. The Morgan fingerprint density at radius 3 is 2.90 bits per heavy atom. The minimum atomic E-state index is 0.0888. The highest BCUT2D eigenvalue weighted by atomic mass is 16.5. The molecule has 0 spiro atoms. The Morgan fingerprint density at radius 1 is 1.35 bits per heavy atom. The first kappa shape index (κ1) is 14.8. The van der Waals surface area contributed by atoms with Gasteiger partial charge in [0.25, 0.3) is 0 Å². The van der Waals surface area contributed by atoms with Crippen molar-refractivity contribution in [3.05, 3.63) is 0 Å². The van der Waals surface area contributed by atoms with E-state index in [1.54, 1.807) is 0 Å². The van der Waals surface area contributed by atoms with Crippen molar-refractivity contribution in [1.82, 2.24) is 15.0 Å². The van der Waals surface area contributed by atoms with Crippen molar-refractivity contribution in [2.75, 3.05) is 36.5 Å². The molecule has 20 heavy (non-hydrogen) atoms. The summed E-state index contributed by atoms with van der Waals surface area (Å²) in [5, 5.41) is 12.5. The molecule has 0 amide bonds. The van der Waals surface area contributed by atoms with Crippen LogP contribution in [0.1, 0.15) is 33.1 Å². The zero-order chi connectivity index (χ0) is 14.4. The summed E-state index contributed by atoms with van der Waals surface area (Å²) in [5.74, 6) is 1.10. The van der Waals surface area contributed by atoms with Crippen LogP contribution in [0.2, 0.25) is 0 Å². The molecule has 1 unspecified atom stereocenters. The normalized spacial score (nSPS) is 18.4. The largest absolute Gasteiger partial charge is 0.463 e. The Morgan fingerprint density at radius 2 is 2.20 bits per heavy atom. The molecule has 1 aliphatic rings. The van der Waals surface area contributed by atoms with Crippen LogP contribution in [0, 0.1) is 0 Å². The maximum Gasteiger partial charge on any atom is 0.323 e. The van der Waals surface area contributed by atoms with Gasteiger partial charge >= 0.3 is 6.01 Å². The summed E-state index contributed by atoms with van der Waals surface area (Å²) in [5.41, 5.74) is 0. The van der Waals surface area contributed by atoms with Gasteiger partial charge in [-0.05, 0) is 26.2 Å². The van der Waals surface area contributed by atoms with Gasteiger partial charge in [-0.2, -0.15) is 15.0 Å². The summed E-state index contributed by atoms with van der Waals surface area (Å²) in [7, 11) is 0. The number of aromatic nitrogens is 3. The van der Waals surface area contributed by atoms with Crippen molar-refractivity contribution in [3.8, 4) is 6.01 Å². The van der Waals surface area contributed by atoms with Gasteiger partial charge in [0.2, 0.25) is 11.9 Å². The number of ether oxygens (including phenoxy) is 1. The fourth-order valence-electron chi connectivity index (χ4n) is 2.26. The lowest BCUT2D eigenvalue weighted by atomic mass is 10.2. The van der Waals surface area contributed by atoms with Crippen LogP contribution < -0.4 is 15.0 Å². The molecular formula is C13H23N5O2. The van der Waals surface area contributed by atoms with Gasteiger partial charge in [0, 0.05) is 13.1 Å². The van der Waals surface area contributed by atoms with Crippen molar-refractivity contribution in [2.45, 2.75) is 39.2 Å². The maximum atomic E-state index is 9.42. The van der Waals surface area contributed by atoms with Crippen LogP contribution in [0.25, 0.3) is 0 Å². The minimum Gasteiger partial charge on any atom is -0.463 e. The van der Waals surface area contributed by atoms with Crippen molar-refractivity contribution < 1.29 is 9.84 Å². The summed E-state index contributed by atoms with van der Waals surface area (Å²) in [4.78, 5) is 15.0. The summed E-state index contributed by atoms with van der Waals surface area (Å²) in [6.45, 7) is 6.32. The molecule has 0 aromatic carbocycles. The predicted octanol–water partition coefficient (Wildman–Crippen LogP) is 1.05. The van der Waals surface area contributed by atoms with Crippen LogP contribution in [0.4, 0.5) is 11.9 Å². The second-order valence-corrected chi connectivity index (χ2v) is 4.79. The standard InChI is InChI=1S/C13H23N5O2/c1-3-8-20-13-16-11(14-4-2)15-12(17-13)18-7-5-6-10(18)9-19/h10,19H,3-9H2,1-2H3,(H,14,15,16,17). The number of rotatable bonds is 7. The van der Waals surface area contributed by atoms with Gasteiger partial charge < -0.3 is 20.1 Å². The molecule has 0 bridgehead atoms. The minimum absolute atomic E-state index is 0.0888. The average molecular weight is 281 g/mol. The monoisotopic (exact) mass is 281 g/mol. The van der Waals surface area contributed by atoms with Gasteiger partial charge in [0.15, 0.2) is 0 Å². The number of aliphatic hydroxyl groups is 1. The fraction of sp³-hybridized carbons (Fsp3) is 0.769. The van der Waals surface area contributed by atoms with Gasteiger partial charge in [0.05, 0.1) is 19.3 Å². The van der Waals surface area contributed by atoms with Crippen molar-refractivity contribution >= 4 is 11.9 Å². The molecule has 1 saturated heterocycles. The molecule has 0 aliphatic carbocycles. The van der Waals surface area contributed by atoms with Crippen molar-refractivity contribution in [2.24, 2.45) is 0 Å². The highest BCUT2D eigenvalue weighted by Gasteiger charge is 2.27. The smallest absolute Gasteiger partial charge is 0.323 e. The second kappa shape index (κ2) is 7.23. The van der Waals surface area contributed by atoms with Crippen LogP contribution >= 0.6 is 0 Å². The van der Waals surface area contributed by atoms with Gasteiger partial charge in [-0.15, -0.1) is 0 Å². The predicted molar refractivity (Wildman–Crippen MR) is 77.2 cm³/mol. The number of hydrogen-bond donors (Lipinski definition) is 2. The summed E-state index contributed by atoms with van der Waals surface area (Å²) >= 11 is 0. The third-order valence-corrected chi connectivity index (χ3v) is 3.22. The molecule has 2 heterocycles. The molecule has 7 heteroatoms. The molecule has 7 nitrogen and oxygen atoms in total. The fourth-order valence-corrected chi connectivity index (χ4v) is 2.26. The summed E-state index contributed by atoms with van der Waals surface area (Å²) < 4.78 is 5.52. The van der Waals surface area contributed by atoms with Crippen LogP contribution in [0.5, 0.6) is 6.01 Å². The SMILES string of the molecule is CCCOc1nc(NCC)nc(N2CCCC2CO)n1. The van der Waals surface area contributed by atoms with E-state index in [2.05, 4.69) is 20.3 Å². The third-order valence-electron chi connectivity index (χ3n) is 3.22. The first-order valence-corrected chi connectivity index (χ1v) is 7.28. The lowest BCUT2D eigenvalue weighted by molar-refractivity contribution is 0.264. The van der Waals surface area contributed by atoms with E-state index >= 15 is 0 Å². The van der Waals surface area contributed by atoms with Crippen molar-refractivity contribution in [1.29, 1.82) is 0 Å². The van der Waals surface area contributed by atoms with E-state index in [1.165, 1.54) is 0 Å². The number of nitrogens with one attached hydrogen (secondary N) is 1. The maximum absolute atomic E-state index is 9.42. The molecule has 1 aromatic rings. The number of nitrogens with zero attached hydrogens (tertiary/aromatic N) is 4. The molecular weight excluding hydrogens is 258 g/mol. The first-order chi connectivity index (χ1) is 9.78. The first-order valence-electron chi connectivity index (χ1n) is 7.28. The van der Waals surface area contributed by atoms with Crippen molar-refractivity contribution in [3.63, 3.8) is 0 Å². The molecule has 0 radical (unpaired) electrons. The number of anilines is 2. The Bertz CT molecular complexity index is 429. The van der Waals surface area contributed by atoms with E-state index in [-0.39, 0.29) is 12.6 Å². The molecule has 0 saturated carbocycles. The zero-order valence-electron chi connectivity index (χ0n) is 12.2. The van der Waals surface area contributed by atoms with E-state index < -0.39 is 0 Å². The molecule has 1 fully saturated rings.